The zero-order valence-electron chi connectivity index (χ0n) is 12.2. The monoisotopic (exact) mass is 296 g/mol. The van der Waals surface area contributed by atoms with Crippen molar-refractivity contribution in [1.82, 2.24) is 0 Å². The highest BCUT2D eigenvalue weighted by Gasteiger charge is 2.44. The van der Waals surface area contributed by atoms with Crippen LogP contribution in [0.4, 0.5) is 0 Å². The molecule has 0 aliphatic carbocycles. The number of rotatable bonds is 3. The van der Waals surface area contributed by atoms with E-state index in [1.165, 1.54) is 0 Å². The van der Waals surface area contributed by atoms with Gasteiger partial charge in [0.2, 0.25) is 0 Å². The van der Waals surface area contributed by atoms with Crippen LogP contribution in [-0.4, -0.2) is 18.5 Å². The first-order valence-electron chi connectivity index (χ1n) is 7.24. The van der Waals surface area contributed by atoms with Gasteiger partial charge in [0.25, 0.3) is 0 Å². The fourth-order valence-electron chi connectivity index (χ4n) is 2.81. The van der Waals surface area contributed by atoms with E-state index in [1.54, 1.807) is 19.1 Å². The number of carbonyl (C=O) groups excluding carboxylic acids is 2. The Kier molecular flexibility index (Phi) is 3.92. The third kappa shape index (κ3) is 2.48. The van der Waals surface area contributed by atoms with Crippen LogP contribution in [0.25, 0.3) is 0 Å². The first kappa shape index (κ1) is 14.3. The molecule has 0 aromatic heterocycles. The summed E-state index contributed by atoms with van der Waals surface area (Å²) in [7, 11) is 0. The maximum absolute atomic E-state index is 12.3. The van der Waals surface area contributed by atoms with Crippen molar-refractivity contribution in [2.24, 2.45) is 5.92 Å². The average Bonchev–Trinajstić information content (AvgIpc) is 2.54. The molecule has 0 spiro atoms. The molecule has 3 rings (SSSR count). The molecule has 0 amide bonds. The van der Waals surface area contributed by atoms with Crippen molar-refractivity contribution in [2.75, 3.05) is 6.61 Å². The van der Waals surface area contributed by atoms with Gasteiger partial charge < -0.3 is 9.47 Å². The SMILES string of the molecule is CCOC(=O)C1C(=O)Oc2ccccc2C1c1ccccc1. The van der Waals surface area contributed by atoms with Gasteiger partial charge >= 0.3 is 11.9 Å². The van der Waals surface area contributed by atoms with Gasteiger partial charge in [-0.25, -0.2) is 0 Å². The van der Waals surface area contributed by atoms with Crippen LogP contribution in [-0.2, 0) is 14.3 Å². The molecule has 1 heterocycles. The van der Waals surface area contributed by atoms with Gasteiger partial charge in [-0.2, -0.15) is 0 Å². The summed E-state index contributed by atoms with van der Waals surface area (Å²) in [6, 6.07) is 16.8. The topological polar surface area (TPSA) is 52.6 Å². The Morgan fingerprint density at radius 3 is 2.50 bits per heavy atom. The highest BCUT2D eigenvalue weighted by Crippen LogP contribution is 2.42. The Bertz CT molecular complexity index is 693. The molecular weight excluding hydrogens is 280 g/mol. The lowest BCUT2D eigenvalue weighted by Gasteiger charge is -2.30. The molecule has 2 aromatic carbocycles. The summed E-state index contributed by atoms with van der Waals surface area (Å²) in [6.07, 6.45) is 0. The first-order chi connectivity index (χ1) is 10.7. The maximum atomic E-state index is 12.3. The molecule has 22 heavy (non-hydrogen) atoms. The highest BCUT2D eigenvalue weighted by atomic mass is 16.6. The normalized spacial score (nSPS) is 20.0. The van der Waals surface area contributed by atoms with Gasteiger partial charge in [-0.1, -0.05) is 48.5 Å². The van der Waals surface area contributed by atoms with Gasteiger partial charge in [0.05, 0.1) is 6.61 Å². The second kappa shape index (κ2) is 6.02. The molecule has 0 bridgehead atoms. The largest absolute Gasteiger partial charge is 0.465 e. The van der Waals surface area contributed by atoms with Crippen molar-refractivity contribution in [3.63, 3.8) is 0 Å². The van der Waals surface area contributed by atoms with Gasteiger partial charge in [-0.3, -0.25) is 9.59 Å². The molecule has 1 aliphatic rings. The van der Waals surface area contributed by atoms with Crippen LogP contribution in [0.3, 0.4) is 0 Å². The number of esters is 2. The first-order valence-corrected chi connectivity index (χ1v) is 7.24. The quantitative estimate of drug-likeness (QED) is 0.496. The molecule has 4 nitrogen and oxygen atoms in total. The lowest BCUT2D eigenvalue weighted by Crippen LogP contribution is -2.38. The van der Waals surface area contributed by atoms with Crippen LogP contribution in [0.5, 0.6) is 5.75 Å². The van der Waals surface area contributed by atoms with Gasteiger partial charge in [0.1, 0.15) is 5.75 Å². The summed E-state index contributed by atoms with van der Waals surface area (Å²) in [5, 5.41) is 0. The van der Waals surface area contributed by atoms with Crippen LogP contribution in [0, 0.1) is 5.92 Å². The minimum atomic E-state index is -0.975. The summed E-state index contributed by atoms with van der Waals surface area (Å²) in [5.74, 6) is -1.97. The smallest absolute Gasteiger partial charge is 0.326 e. The van der Waals surface area contributed by atoms with E-state index >= 15 is 0 Å². The molecule has 2 aromatic rings. The summed E-state index contributed by atoms with van der Waals surface area (Å²) in [4.78, 5) is 24.6. The Morgan fingerprint density at radius 1 is 1.09 bits per heavy atom. The zero-order valence-corrected chi connectivity index (χ0v) is 12.2. The maximum Gasteiger partial charge on any atom is 0.326 e. The highest BCUT2D eigenvalue weighted by molar-refractivity contribution is 5.99. The summed E-state index contributed by atoms with van der Waals surface area (Å²) >= 11 is 0. The van der Waals surface area contributed by atoms with E-state index in [4.69, 9.17) is 9.47 Å². The third-order valence-electron chi connectivity index (χ3n) is 3.75. The van der Waals surface area contributed by atoms with Gasteiger partial charge in [-0.15, -0.1) is 0 Å². The number of benzene rings is 2. The lowest BCUT2D eigenvalue weighted by molar-refractivity contribution is -0.158. The molecule has 2 atom stereocenters. The van der Waals surface area contributed by atoms with Crippen molar-refractivity contribution >= 4 is 11.9 Å². The van der Waals surface area contributed by atoms with E-state index in [9.17, 15) is 9.59 Å². The van der Waals surface area contributed by atoms with Gasteiger partial charge in [0, 0.05) is 11.5 Å². The molecule has 0 radical (unpaired) electrons. The zero-order chi connectivity index (χ0) is 15.5. The van der Waals surface area contributed by atoms with E-state index in [0.29, 0.717) is 5.75 Å². The molecule has 0 saturated carbocycles. The fourth-order valence-corrected chi connectivity index (χ4v) is 2.81. The van der Waals surface area contributed by atoms with E-state index < -0.39 is 23.8 Å². The summed E-state index contributed by atoms with van der Waals surface area (Å²) in [5.41, 5.74) is 1.72. The van der Waals surface area contributed by atoms with Crippen molar-refractivity contribution in [1.29, 1.82) is 0 Å². The molecule has 0 N–H and O–H groups in total. The standard InChI is InChI=1S/C18H16O4/c1-2-21-17(19)16-15(12-8-4-3-5-9-12)13-10-6-7-11-14(13)22-18(16)20/h3-11,15-16H,2H2,1H3. The van der Waals surface area contributed by atoms with Crippen LogP contribution >= 0.6 is 0 Å². The summed E-state index contributed by atoms with van der Waals surface area (Å²) in [6.45, 7) is 1.95. The van der Waals surface area contributed by atoms with Crippen molar-refractivity contribution < 1.29 is 19.1 Å². The summed E-state index contributed by atoms with van der Waals surface area (Å²) < 4.78 is 10.4. The molecule has 0 fully saturated rings. The number of hydrogen-bond acceptors (Lipinski definition) is 4. The molecule has 0 saturated heterocycles. The average molecular weight is 296 g/mol. The van der Waals surface area contributed by atoms with E-state index in [2.05, 4.69) is 0 Å². The van der Waals surface area contributed by atoms with Crippen LogP contribution in [0.15, 0.2) is 54.6 Å². The predicted molar refractivity (Wildman–Crippen MR) is 80.5 cm³/mol. The second-order valence-corrected chi connectivity index (χ2v) is 5.08. The Hall–Kier alpha value is -2.62. The third-order valence-corrected chi connectivity index (χ3v) is 3.75. The van der Waals surface area contributed by atoms with E-state index in [-0.39, 0.29) is 6.61 Å². The molecular formula is C18H16O4. The second-order valence-electron chi connectivity index (χ2n) is 5.08. The van der Waals surface area contributed by atoms with E-state index in [1.807, 2.05) is 42.5 Å². The van der Waals surface area contributed by atoms with Crippen molar-refractivity contribution in [2.45, 2.75) is 12.8 Å². The molecule has 1 aliphatic heterocycles. The van der Waals surface area contributed by atoms with Crippen molar-refractivity contribution in [3.05, 3.63) is 65.7 Å². The molecule has 2 unspecified atom stereocenters. The minimum absolute atomic E-state index is 0.228. The molecule has 112 valence electrons. The number of fused-ring (bicyclic) bond motifs is 1. The lowest BCUT2D eigenvalue weighted by atomic mass is 9.78. The fraction of sp³-hybridized carbons (Fsp3) is 0.222. The van der Waals surface area contributed by atoms with E-state index in [0.717, 1.165) is 11.1 Å². The number of ether oxygens (including phenoxy) is 2. The predicted octanol–water partition coefficient (Wildman–Crippen LogP) is 2.92. The number of hydrogen-bond donors (Lipinski definition) is 0. The Balaban J connectivity index is 2.13. The van der Waals surface area contributed by atoms with Crippen LogP contribution in [0.2, 0.25) is 0 Å². The number of para-hydroxylation sites is 1. The van der Waals surface area contributed by atoms with Gasteiger partial charge in [-0.05, 0) is 18.6 Å². The Labute approximate surface area is 128 Å². The van der Waals surface area contributed by atoms with Crippen molar-refractivity contribution in [3.8, 4) is 5.75 Å². The minimum Gasteiger partial charge on any atom is -0.465 e. The van der Waals surface area contributed by atoms with Gasteiger partial charge in [0.15, 0.2) is 5.92 Å². The van der Waals surface area contributed by atoms with Crippen LogP contribution < -0.4 is 4.74 Å². The Morgan fingerprint density at radius 2 is 1.77 bits per heavy atom. The number of carbonyl (C=O) groups is 2. The molecule has 4 heteroatoms. The van der Waals surface area contributed by atoms with Crippen LogP contribution in [0.1, 0.15) is 24.0 Å².